The summed E-state index contributed by atoms with van der Waals surface area (Å²) in [6.45, 7) is 8.94. The van der Waals surface area contributed by atoms with Gasteiger partial charge in [0.05, 0.1) is 0 Å². The van der Waals surface area contributed by atoms with Crippen molar-refractivity contribution in [1.82, 2.24) is 0 Å². The average Bonchev–Trinajstić information content (AvgIpc) is 2.04. The van der Waals surface area contributed by atoms with E-state index in [9.17, 15) is 0 Å². The van der Waals surface area contributed by atoms with Gasteiger partial charge in [0.25, 0.3) is 0 Å². The van der Waals surface area contributed by atoms with Crippen molar-refractivity contribution in [3.63, 3.8) is 0 Å². The fourth-order valence-electron chi connectivity index (χ4n) is 1.28. The minimum absolute atomic E-state index is 0. The van der Waals surface area contributed by atoms with Crippen LogP contribution in [0.1, 0.15) is 53.5 Å². The van der Waals surface area contributed by atoms with Crippen molar-refractivity contribution in [2.75, 3.05) is 0 Å². The minimum atomic E-state index is 0. The molecule has 2 heteroatoms. The van der Waals surface area contributed by atoms with Gasteiger partial charge in [0.2, 0.25) is 0 Å². The van der Waals surface area contributed by atoms with Gasteiger partial charge < -0.3 is 2.85 Å². The van der Waals surface area contributed by atoms with Crippen LogP contribution in [0, 0.1) is 0 Å². The van der Waals surface area contributed by atoms with E-state index in [1.807, 2.05) is 0 Å². The van der Waals surface area contributed by atoms with Crippen molar-refractivity contribution in [1.29, 1.82) is 0 Å². The second-order valence-electron chi connectivity index (χ2n) is 3.98. The number of benzene rings is 1. The van der Waals surface area contributed by atoms with Crippen LogP contribution in [0.5, 0.6) is 0 Å². The van der Waals surface area contributed by atoms with Gasteiger partial charge in [-0.1, -0.05) is 52.0 Å². The van der Waals surface area contributed by atoms with Crippen LogP contribution in [0.4, 0.5) is 0 Å². The zero-order chi connectivity index (χ0) is 9.14. The summed E-state index contributed by atoms with van der Waals surface area (Å²) in [5, 5.41) is 0. The predicted octanol–water partition coefficient (Wildman–Crippen LogP) is -1.83. The zero-order valence-corrected chi connectivity index (χ0v) is 10.5. The maximum atomic E-state index is 2.31. The second-order valence-corrected chi connectivity index (χ2v) is 3.98. The molecular weight excluding hydrogens is 158 g/mol. The molecule has 14 heavy (non-hydrogen) atoms. The van der Waals surface area contributed by atoms with Gasteiger partial charge in [0.1, 0.15) is 0 Å². The summed E-state index contributed by atoms with van der Waals surface area (Å²) in [7, 11) is 0. The van der Waals surface area contributed by atoms with Crippen LogP contribution in [0.3, 0.4) is 0 Å². The van der Waals surface area contributed by atoms with Crippen molar-refractivity contribution in [3.8, 4) is 0 Å². The Hall–Kier alpha value is 0.415. The van der Waals surface area contributed by atoms with Gasteiger partial charge in [0.15, 0.2) is 0 Å². The van der Waals surface area contributed by atoms with E-state index in [-0.39, 0.29) is 40.6 Å². The Balaban J connectivity index is -0.000000180. The summed E-state index contributed by atoms with van der Waals surface area (Å²) in [5.74, 6) is 1.28. The maximum Gasteiger partial charge on any atom is 1.00 e. The standard InChI is InChI=1S/C12H18.2Li.2H/c1-9(2)11-6-5-7-12(8-11)10(3)4;;;;/h5-10H,1-4H3;;;;/q;2*+1;2*-1. The van der Waals surface area contributed by atoms with Crippen LogP contribution in [-0.2, 0) is 0 Å². The van der Waals surface area contributed by atoms with Gasteiger partial charge in [-0.2, -0.15) is 0 Å². The molecule has 0 aliphatic carbocycles. The number of rotatable bonds is 2. The van der Waals surface area contributed by atoms with Crippen LogP contribution in [0.2, 0.25) is 0 Å². The molecule has 0 atom stereocenters. The van der Waals surface area contributed by atoms with Crippen molar-refractivity contribution < 1.29 is 40.6 Å². The molecule has 0 saturated carbocycles. The molecule has 0 N–H and O–H groups in total. The van der Waals surface area contributed by atoms with E-state index in [2.05, 4.69) is 52.0 Å². The van der Waals surface area contributed by atoms with Gasteiger partial charge in [0, 0.05) is 0 Å². The summed E-state index contributed by atoms with van der Waals surface area (Å²) >= 11 is 0. The van der Waals surface area contributed by atoms with Crippen LogP contribution >= 0.6 is 0 Å². The molecule has 0 heterocycles. The Morgan fingerprint density at radius 2 is 1.21 bits per heavy atom. The first kappa shape index (κ1) is 16.8. The Kier molecular flexibility index (Phi) is 9.22. The molecule has 0 nitrogen and oxygen atoms in total. The third-order valence-corrected chi connectivity index (χ3v) is 2.24. The molecule has 1 aromatic rings. The molecule has 0 radical (unpaired) electrons. The first-order valence-corrected chi connectivity index (χ1v) is 4.71. The Bertz CT molecular complexity index is 240. The van der Waals surface area contributed by atoms with Crippen molar-refractivity contribution in [2.45, 2.75) is 39.5 Å². The van der Waals surface area contributed by atoms with Crippen LogP contribution in [-0.4, -0.2) is 0 Å². The minimum Gasteiger partial charge on any atom is -1.00 e. The molecule has 0 unspecified atom stereocenters. The van der Waals surface area contributed by atoms with Gasteiger partial charge >= 0.3 is 37.7 Å². The van der Waals surface area contributed by atoms with E-state index in [1.165, 1.54) is 11.1 Å². The van der Waals surface area contributed by atoms with Crippen molar-refractivity contribution in [3.05, 3.63) is 35.4 Å². The van der Waals surface area contributed by atoms with Crippen LogP contribution in [0.25, 0.3) is 0 Å². The maximum absolute atomic E-state index is 2.31. The first-order valence-electron chi connectivity index (χ1n) is 4.71. The summed E-state index contributed by atoms with van der Waals surface area (Å²) in [4.78, 5) is 0. The second kappa shape index (κ2) is 7.67. The molecule has 1 rings (SSSR count). The van der Waals surface area contributed by atoms with Gasteiger partial charge in [-0.05, 0) is 23.0 Å². The largest absolute Gasteiger partial charge is 1.00 e. The Morgan fingerprint density at radius 1 is 0.857 bits per heavy atom. The van der Waals surface area contributed by atoms with E-state index in [4.69, 9.17) is 0 Å². The van der Waals surface area contributed by atoms with Crippen molar-refractivity contribution >= 4 is 0 Å². The molecule has 0 bridgehead atoms. The molecule has 70 valence electrons. The van der Waals surface area contributed by atoms with E-state index >= 15 is 0 Å². The molecule has 0 aliphatic rings. The molecule has 0 amide bonds. The molecule has 0 aliphatic heterocycles. The smallest absolute Gasteiger partial charge is 1.00 e. The number of hydrogen-bond donors (Lipinski definition) is 0. The SMILES string of the molecule is CC(C)c1cccc(C(C)C)c1.[H-].[H-].[Li+].[Li+]. The zero-order valence-electron chi connectivity index (χ0n) is 12.5. The summed E-state index contributed by atoms with van der Waals surface area (Å²) < 4.78 is 0. The summed E-state index contributed by atoms with van der Waals surface area (Å²) in [5.41, 5.74) is 2.89. The van der Waals surface area contributed by atoms with E-state index in [1.54, 1.807) is 0 Å². The van der Waals surface area contributed by atoms with Crippen LogP contribution in [0.15, 0.2) is 24.3 Å². The molecule has 1 aromatic carbocycles. The van der Waals surface area contributed by atoms with E-state index in [0.717, 1.165) is 0 Å². The Labute approximate surface area is 115 Å². The van der Waals surface area contributed by atoms with E-state index in [0.29, 0.717) is 11.8 Å². The molecule has 0 saturated heterocycles. The predicted molar refractivity (Wildman–Crippen MR) is 56.8 cm³/mol. The normalized spacial score (nSPS) is 9.57. The number of hydrogen-bond acceptors (Lipinski definition) is 0. The van der Waals surface area contributed by atoms with Gasteiger partial charge in [-0.3, -0.25) is 0 Å². The summed E-state index contributed by atoms with van der Waals surface area (Å²) in [6, 6.07) is 8.88. The van der Waals surface area contributed by atoms with Gasteiger partial charge in [-0.15, -0.1) is 0 Å². The third kappa shape index (κ3) is 4.77. The summed E-state index contributed by atoms with van der Waals surface area (Å²) in [6.07, 6.45) is 0. The topological polar surface area (TPSA) is 0 Å². The molecular formula is C12H20Li2. The quantitative estimate of drug-likeness (QED) is 0.467. The van der Waals surface area contributed by atoms with Crippen molar-refractivity contribution in [2.24, 2.45) is 0 Å². The van der Waals surface area contributed by atoms with E-state index < -0.39 is 0 Å². The average molecular weight is 178 g/mol. The first-order chi connectivity index (χ1) is 5.61. The van der Waals surface area contributed by atoms with Crippen LogP contribution < -0.4 is 37.7 Å². The molecule has 0 fully saturated rings. The third-order valence-electron chi connectivity index (χ3n) is 2.24. The Morgan fingerprint density at radius 3 is 1.50 bits per heavy atom. The monoisotopic (exact) mass is 178 g/mol. The molecule has 0 spiro atoms. The fraction of sp³-hybridized carbons (Fsp3) is 0.500. The molecule has 0 aromatic heterocycles. The fourth-order valence-corrected chi connectivity index (χ4v) is 1.28. The van der Waals surface area contributed by atoms with Gasteiger partial charge in [-0.25, -0.2) is 0 Å².